The molecule has 0 aromatic rings. The zero-order valence-corrected chi connectivity index (χ0v) is 36.6. The van der Waals surface area contributed by atoms with Gasteiger partial charge in [-0.15, -0.1) is 0 Å². The molecule has 0 saturated carbocycles. The van der Waals surface area contributed by atoms with E-state index < -0.39 is 51.8 Å². The van der Waals surface area contributed by atoms with Gasteiger partial charge >= 0.3 is 19.8 Å². The van der Waals surface area contributed by atoms with E-state index in [9.17, 15) is 24.2 Å². The average molecular weight is 829 g/mol. The van der Waals surface area contributed by atoms with Gasteiger partial charge in [-0.2, -0.15) is 0 Å². The molecule has 1 unspecified atom stereocenters. The third-order valence-corrected chi connectivity index (χ3v) is 10.2. The van der Waals surface area contributed by atoms with E-state index in [1.54, 1.807) is 0 Å². The maximum atomic E-state index is 12.6. The summed E-state index contributed by atoms with van der Waals surface area (Å²) in [5.41, 5.74) is 0. The van der Waals surface area contributed by atoms with Crippen LogP contribution >= 0.6 is 7.82 Å². The van der Waals surface area contributed by atoms with Gasteiger partial charge in [0.05, 0.1) is 19.8 Å². The molecule has 0 aliphatic rings. The van der Waals surface area contributed by atoms with Gasteiger partial charge in [-0.1, -0.05) is 152 Å². The highest BCUT2D eigenvalue weighted by molar-refractivity contribution is 7.47. The monoisotopic (exact) mass is 829 g/mol. The first-order valence-electron chi connectivity index (χ1n) is 22.1. The van der Waals surface area contributed by atoms with Gasteiger partial charge in [0, 0.05) is 19.4 Å². The normalized spacial score (nSPS) is 14.4. The predicted molar refractivity (Wildman–Crippen MR) is 230 cm³/mol. The predicted octanol–water partition coefficient (Wildman–Crippen LogP) is 10.6. The Balaban J connectivity index is 4.36. The maximum absolute atomic E-state index is 12.6. The highest BCUT2D eigenvalue weighted by Crippen LogP contribution is 2.43. The van der Waals surface area contributed by atoms with Crippen LogP contribution in [0.5, 0.6) is 0 Å². The molecule has 11 nitrogen and oxygen atoms in total. The molecule has 12 heteroatoms. The van der Waals surface area contributed by atoms with Crippen LogP contribution in [-0.4, -0.2) is 77.4 Å². The summed E-state index contributed by atoms with van der Waals surface area (Å²) in [7, 11) is -4.64. The second kappa shape index (κ2) is 40.7. The van der Waals surface area contributed by atoms with Crippen LogP contribution in [-0.2, 0) is 32.7 Å². The van der Waals surface area contributed by atoms with E-state index in [-0.39, 0.29) is 26.1 Å². The standard InChI is InChI=1S/C45H81O11P/c1-41(2)33-29-25-21-17-13-9-8-11-15-19-23-27-31-35-45(50)56-43(40-55-57(51,52)54-38-42(48)37-47)39-53-44(49)34-30-26-22-18-14-10-6-4-3-5-7-12-16-20-24-28-32-36-46/h3,5-6,10,12,16,18,22,41-43,46-48H,4,7-9,11,13-15,17,19-21,23-40H2,1-2H3,(H,51,52)/b5-3-,10-6-,16-12-,22-18-/t42-,43+/m0/s1. The van der Waals surface area contributed by atoms with Crippen LogP contribution in [0, 0.1) is 5.92 Å². The van der Waals surface area contributed by atoms with E-state index in [0.29, 0.717) is 19.3 Å². The molecule has 0 bridgehead atoms. The van der Waals surface area contributed by atoms with Gasteiger partial charge in [-0.05, 0) is 63.7 Å². The SMILES string of the molecule is CC(C)CCCCCCCCCCCCCCCC(=O)O[C@H](COC(=O)CCC/C=C\C/C=C\C/C=C\C/C=C\CCCCCO)COP(=O)(O)OC[C@@H](O)CO. The number of allylic oxidation sites excluding steroid dienone is 8. The third kappa shape index (κ3) is 41.8. The second-order valence-corrected chi connectivity index (χ2v) is 16.7. The molecule has 0 spiro atoms. The molecular formula is C45H81O11P. The highest BCUT2D eigenvalue weighted by atomic mass is 31.2. The molecule has 0 radical (unpaired) electrons. The molecule has 0 aliphatic heterocycles. The fourth-order valence-electron chi connectivity index (χ4n) is 5.80. The Kier molecular flexibility index (Phi) is 39.2. The Morgan fingerprint density at radius 2 is 1.02 bits per heavy atom. The van der Waals surface area contributed by atoms with Crippen LogP contribution in [0.15, 0.2) is 48.6 Å². The highest BCUT2D eigenvalue weighted by Gasteiger charge is 2.27. The van der Waals surface area contributed by atoms with Crippen LogP contribution in [0.3, 0.4) is 0 Å². The molecular weight excluding hydrogens is 747 g/mol. The van der Waals surface area contributed by atoms with Crippen molar-refractivity contribution in [3.63, 3.8) is 0 Å². The number of hydrogen-bond donors (Lipinski definition) is 4. The molecule has 0 amide bonds. The van der Waals surface area contributed by atoms with Crippen molar-refractivity contribution in [2.45, 2.75) is 187 Å². The maximum Gasteiger partial charge on any atom is 0.472 e. The molecule has 0 fully saturated rings. The Labute approximate surface area is 346 Å². The number of unbranched alkanes of at least 4 members (excludes halogenated alkanes) is 16. The number of ether oxygens (including phenoxy) is 2. The number of phosphoric ester groups is 1. The summed E-state index contributed by atoms with van der Waals surface area (Å²) in [6.45, 7) is 2.65. The van der Waals surface area contributed by atoms with Gasteiger partial charge in [0.15, 0.2) is 6.10 Å². The Morgan fingerprint density at radius 1 is 0.561 bits per heavy atom. The zero-order chi connectivity index (χ0) is 42.1. The van der Waals surface area contributed by atoms with Crippen LogP contribution < -0.4 is 0 Å². The topological polar surface area (TPSA) is 169 Å². The van der Waals surface area contributed by atoms with Crippen molar-refractivity contribution in [2.24, 2.45) is 5.92 Å². The fourth-order valence-corrected chi connectivity index (χ4v) is 6.59. The van der Waals surface area contributed by atoms with Crippen LogP contribution in [0.4, 0.5) is 0 Å². The number of phosphoric acid groups is 1. The largest absolute Gasteiger partial charge is 0.472 e. The van der Waals surface area contributed by atoms with Gasteiger partial charge in [0.2, 0.25) is 0 Å². The Bertz CT molecular complexity index is 1100. The number of hydrogen-bond acceptors (Lipinski definition) is 10. The van der Waals surface area contributed by atoms with Gasteiger partial charge in [-0.25, -0.2) is 4.57 Å². The summed E-state index contributed by atoms with van der Waals surface area (Å²) in [5.74, 6) is -0.194. The average Bonchev–Trinajstić information content (AvgIpc) is 3.18. The molecule has 0 heterocycles. The number of carbonyl (C=O) groups is 2. The summed E-state index contributed by atoms with van der Waals surface area (Å²) >= 11 is 0. The van der Waals surface area contributed by atoms with Crippen molar-refractivity contribution in [1.29, 1.82) is 0 Å². The first-order chi connectivity index (χ1) is 27.6. The Hall–Kier alpha value is -2.11. The summed E-state index contributed by atoms with van der Waals surface area (Å²) in [6.07, 6.45) is 39.6. The van der Waals surface area contributed by atoms with Gasteiger partial charge in [0.1, 0.15) is 12.7 Å². The fraction of sp³-hybridized carbons (Fsp3) is 0.778. The number of aliphatic hydroxyl groups excluding tert-OH is 3. The minimum absolute atomic E-state index is 0.156. The van der Waals surface area contributed by atoms with E-state index in [1.807, 2.05) is 12.2 Å². The van der Waals surface area contributed by atoms with Gasteiger partial charge in [0.25, 0.3) is 0 Å². The van der Waals surface area contributed by atoms with Crippen LogP contribution in [0.2, 0.25) is 0 Å². The van der Waals surface area contributed by atoms with E-state index >= 15 is 0 Å². The van der Waals surface area contributed by atoms with Crippen molar-refractivity contribution in [3.8, 4) is 0 Å². The molecule has 0 aliphatic carbocycles. The first kappa shape index (κ1) is 54.9. The first-order valence-corrected chi connectivity index (χ1v) is 23.6. The smallest absolute Gasteiger partial charge is 0.462 e. The van der Waals surface area contributed by atoms with Crippen LogP contribution in [0.1, 0.15) is 174 Å². The van der Waals surface area contributed by atoms with E-state index in [1.165, 1.54) is 64.2 Å². The van der Waals surface area contributed by atoms with E-state index in [2.05, 4.69) is 54.8 Å². The lowest BCUT2D eigenvalue weighted by Crippen LogP contribution is -2.29. The number of rotatable bonds is 41. The zero-order valence-electron chi connectivity index (χ0n) is 35.7. The summed E-state index contributed by atoms with van der Waals surface area (Å²) in [6, 6.07) is 0. The molecule has 0 rings (SSSR count). The molecule has 3 atom stereocenters. The number of esters is 2. The minimum atomic E-state index is -4.64. The van der Waals surface area contributed by atoms with Crippen molar-refractivity contribution in [1.82, 2.24) is 0 Å². The summed E-state index contributed by atoms with van der Waals surface area (Å²) in [4.78, 5) is 35.0. The molecule has 57 heavy (non-hydrogen) atoms. The van der Waals surface area contributed by atoms with Crippen LogP contribution in [0.25, 0.3) is 0 Å². The lowest BCUT2D eigenvalue weighted by atomic mass is 10.0. The van der Waals surface area contributed by atoms with Crippen molar-refractivity contribution >= 4 is 19.8 Å². The lowest BCUT2D eigenvalue weighted by Gasteiger charge is -2.20. The number of aliphatic hydroxyl groups is 3. The van der Waals surface area contributed by atoms with Crippen molar-refractivity contribution in [2.75, 3.05) is 33.0 Å². The van der Waals surface area contributed by atoms with Crippen molar-refractivity contribution < 1.29 is 52.9 Å². The quantitative estimate of drug-likeness (QED) is 0.0200. The summed E-state index contributed by atoms with van der Waals surface area (Å²) < 4.78 is 32.7. The molecule has 332 valence electrons. The molecule has 0 aromatic carbocycles. The Morgan fingerprint density at radius 3 is 1.54 bits per heavy atom. The van der Waals surface area contributed by atoms with Crippen molar-refractivity contribution in [3.05, 3.63) is 48.6 Å². The van der Waals surface area contributed by atoms with E-state index in [0.717, 1.165) is 70.1 Å². The lowest BCUT2D eigenvalue weighted by molar-refractivity contribution is -0.161. The third-order valence-electron chi connectivity index (χ3n) is 9.22. The minimum Gasteiger partial charge on any atom is -0.462 e. The molecule has 0 aromatic heterocycles. The van der Waals surface area contributed by atoms with E-state index in [4.69, 9.17) is 24.2 Å². The molecule has 0 saturated heterocycles. The summed E-state index contributed by atoms with van der Waals surface area (Å²) in [5, 5.41) is 27.1. The molecule has 4 N–H and O–H groups in total. The second-order valence-electron chi connectivity index (χ2n) is 15.3. The van der Waals surface area contributed by atoms with Gasteiger partial charge in [-0.3, -0.25) is 18.6 Å². The number of carbonyl (C=O) groups excluding carboxylic acids is 2. The van der Waals surface area contributed by atoms with Gasteiger partial charge < -0.3 is 29.7 Å².